The Bertz CT molecular complexity index is 507. The van der Waals surface area contributed by atoms with E-state index in [9.17, 15) is 0 Å². The highest BCUT2D eigenvalue weighted by atomic mass is 14.6. The van der Waals surface area contributed by atoms with E-state index in [1.54, 1.807) is 0 Å². The zero-order valence-corrected chi connectivity index (χ0v) is 12.3. The van der Waals surface area contributed by atoms with Crippen molar-refractivity contribution < 1.29 is 0 Å². The fraction of sp³-hybridized carbons (Fsp3) is 0.333. The summed E-state index contributed by atoms with van der Waals surface area (Å²) in [5, 5.41) is 0. The van der Waals surface area contributed by atoms with Crippen LogP contribution in [0.25, 0.3) is 11.1 Å². The molecule has 0 heterocycles. The van der Waals surface area contributed by atoms with E-state index < -0.39 is 0 Å². The minimum Gasteiger partial charge on any atom is -0.328 e. The van der Waals surface area contributed by atoms with Gasteiger partial charge in [-0.3, -0.25) is 0 Å². The maximum Gasteiger partial charge on any atom is 0.00511 e. The van der Waals surface area contributed by atoms with Crippen LogP contribution >= 0.6 is 0 Å². The molecule has 106 valence electrons. The normalized spacial score (nSPS) is 14.0. The molecule has 0 spiro atoms. The maximum atomic E-state index is 5.97. The second-order valence-electron chi connectivity index (χ2n) is 5.68. The summed E-state index contributed by atoms with van der Waals surface area (Å²) in [6.45, 7) is 4.09. The second kappa shape index (κ2) is 6.69. The van der Waals surface area contributed by atoms with Crippen LogP contribution in [0.15, 0.2) is 48.5 Å². The molecular formula is C18H24N2. The SMILES string of the molecule is CC(N)Cc1ccccc1-c1ccccc1CC(C)N. The lowest BCUT2D eigenvalue weighted by atomic mass is 9.91. The zero-order chi connectivity index (χ0) is 14.5. The Hall–Kier alpha value is -1.64. The summed E-state index contributed by atoms with van der Waals surface area (Å²) in [6, 6.07) is 17.3. The summed E-state index contributed by atoms with van der Waals surface area (Å²) in [6.07, 6.45) is 1.78. The molecule has 0 aliphatic carbocycles. The van der Waals surface area contributed by atoms with Crippen LogP contribution in [0.5, 0.6) is 0 Å². The Labute approximate surface area is 121 Å². The van der Waals surface area contributed by atoms with Crippen molar-refractivity contribution in [1.29, 1.82) is 0 Å². The summed E-state index contributed by atoms with van der Waals surface area (Å²) in [5.41, 5.74) is 17.1. The molecule has 2 nitrogen and oxygen atoms in total. The van der Waals surface area contributed by atoms with Crippen LogP contribution in [-0.4, -0.2) is 12.1 Å². The summed E-state index contributed by atoms with van der Waals surface area (Å²) in [4.78, 5) is 0. The van der Waals surface area contributed by atoms with Crippen molar-refractivity contribution in [2.45, 2.75) is 38.8 Å². The van der Waals surface area contributed by atoms with Crippen molar-refractivity contribution in [1.82, 2.24) is 0 Å². The maximum absolute atomic E-state index is 5.97. The van der Waals surface area contributed by atoms with Crippen LogP contribution in [0.3, 0.4) is 0 Å². The highest BCUT2D eigenvalue weighted by molar-refractivity contribution is 5.71. The van der Waals surface area contributed by atoms with Crippen molar-refractivity contribution in [3.05, 3.63) is 59.7 Å². The molecule has 2 atom stereocenters. The molecule has 2 unspecified atom stereocenters. The fourth-order valence-corrected chi connectivity index (χ4v) is 2.62. The fourth-order valence-electron chi connectivity index (χ4n) is 2.62. The smallest absolute Gasteiger partial charge is 0.00511 e. The van der Waals surface area contributed by atoms with E-state index in [1.165, 1.54) is 22.3 Å². The number of benzene rings is 2. The van der Waals surface area contributed by atoms with Gasteiger partial charge in [-0.05, 0) is 48.9 Å². The molecule has 0 amide bonds. The molecule has 0 aliphatic rings. The molecule has 0 aromatic heterocycles. The lowest BCUT2D eigenvalue weighted by Gasteiger charge is -2.16. The molecule has 4 N–H and O–H groups in total. The predicted octanol–water partition coefficient (Wildman–Crippen LogP) is 3.13. The van der Waals surface area contributed by atoms with Gasteiger partial charge < -0.3 is 11.5 Å². The summed E-state index contributed by atoms with van der Waals surface area (Å²) >= 11 is 0. The molecule has 20 heavy (non-hydrogen) atoms. The summed E-state index contributed by atoms with van der Waals surface area (Å²) in [5.74, 6) is 0. The quantitative estimate of drug-likeness (QED) is 0.875. The van der Waals surface area contributed by atoms with Crippen LogP contribution in [0.4, 0.5) is 0 Å². The molecule has 0 bridgehead atoms. The van der Waals surface area contributed by atoms with E-state index >= 15 is 0 Å². The van der Waals surface area contributed by atoms with Crippen LogP contribution in [0, 0.1) is 0 Å². The zero-order valence-electron chi connectivity index (χ0n) is 12.3. The third-order valence-electron chi connectivity index (χ3n) is 3.41. The van der Waals surface area contributed by atoms with Gasteiger partial charge in [0.25, 0.3) is 0 Å². The van der Waals surface area contributed by atoms with Crippen molar-refractivity contribution in [2.24, 2.45) is 11.5 Å². The summed E-state index contributed by atoms with van der Waals surface area (Å²) < 4.78 is 0. The van der Waals surface area contributed by atoms with E-state index in [2.05, 4.69) is 48.5 Å². The Morgan fingerprint density at radius 1 is 0.700 bits per heavy atom. The first-order valence-electron chi connectivity index (χ1n) is 7.25. The van der Waals surface area contributed by atoms with E-state index in [-0.39, 0.29) is 12.1 Å². The van der Waals surface area contributed by atoms with Crippen molar-refractivity contribution in [3.63, 3.8) is 0 Å². The average Bonchev–Trinajstić information content (AvgIpc) is 2.39. The molecule has 2 heteroatoms. The van der Waals surface area contributed by atoms with Gasteiger partial charge in [0, 0.05) is 12.1 Å². The van der Waals surface area contributed by atoms with Gasteiger partial charge >= 0.3 is 0 Å². The van der Waals surface area contributed by atoms with Gasteiger partial charge in [-0.1, -0.05) is 48.5 Å². The molecular weight excluding hydrogens is 244 g/mol. The molecule has 0 fully saturated rings. The Kier molecular flexibility index (Phi) is 4.94. The first kappa shape index (κ1) is 14.8. The van der Waals surface area contributed by atoms with Crippen LogP contribution in [0.1, 0.15) is 25.0 Å². The molecule has 2 rings (SSSR count). The van der Waals surface area contributed by atoms with Crippen LogP contribution in [-0.2, 0) is 12.8 Å². The standard InChI is InChI=1S/C18H24N2/c1-13(19)11-15-7-3-5-9-17(15)18-10-6-4-8-16(18)12-14(2)20/h3-10,13-14H,11-12,19-20H2,1-2H3. The van der Waals surface area contributed by atoms with Gasteiger partial charge in [-0.15, -0.1) is 0 Å². The highest BCUT2D eigenvalue weighted by Crippen LogP contribution is 2.28. The minimum atomic E-state index is 0.164. The number of hydrogen-bond acceptors (Lipinski definition) is 2. The average molecular weight is 268 g/mol. The highest BCUT2D eigenvalue weighted by Gasteiger charge is 2.11. The molecule has 0 saturated heterocycles. The van der Waals surface area contributed by atoms with Crippen LogP contribution in [0.2, 0.25) is 0 Å². The largest absolute Gasteiger partial charge is 0.328 e. The predicted molar refractivity (Wildman–Crippen MR) is 86.6 cm³/mol. The lowest BCUT2D eigenvalue weighted by molar-refractivity contribution is 0.734. The first-order valence-corrected chi connectivity index (χ1v) is 7.25. The van der Waals surface area contributed by atoms with E-state index in [0.717, 1.165) is 12.8 Å². The Morgan fingerprint density at radius 3 is 1.40 bits per heavy atom. The van der Waals surface area contributed by atoms with E-state index in [1.807, 2.05) is 13.8 Å². The number of rotatable bonds is 5. The van der Waals surface area contributed by atoms with Crippen molar-refractivity contribution >= 4 is 0 Å². The Morgan fingerprint density at radius 2 is 1.05 bits per heavy atom. The van der Waals surface area contributed by atoms with Crippen LogP contribution < -0.4 is 11.5 Å². The number of hydrogen-bond donors (Lipinski definition) is 2. The molecule has 2 aromatic rings. The van der Waals surface area contributed by atoms with E-state index in [0.29, 0.717) is 0 Å². The lowest BCUT2D eigenvalue weighted by Crippen LogP contribution is -2.19. The molecule has 0 radical (unpaired) electrons. The third-order valence-corrected chi connectivity index (χ3v) is 3.41. The van der Waals surface area contributed by atoms with Gasteiger partial charge in [0.15, 0.2) is 0 Å². The summed E-state index contributed by atoms with van der Waals surface area (Å²) in [7, 11) is 0. The van der Waals surface area contributed by atoms with E-state index in [4.69, 9.17) is 11.5 Å². The van der Waals surface area contributed by atoms with Gasteiger partial charge in [-0.25, -0.2) is 0 Å². The second-order valence-corrected chi connectivity index (χ2v) is 5.68. The molecule has 2 aromatic carbocycles. The third kappa shape index (κ3) is 3.69. The van der Waals surface area contributed by atoms with Gasteiger partial charge in [0.2, 0.25) is 0 Å². The van der Waals surface area contributed by atoms with Crippen molar-refractivity contribution in [3.8, 4) is 11.1 Å². The van der Waals surface area contributed by atoms with Crippen molar-refractivity contribution in [2.75, 3.05) is 0 Å². The first-order chi connectivity index (χ1) is 9.58. The van der Waals surface area contributed by atoms with Gasteiger partial charge in [0.1, 0.15) is 0 Å². The van der Waals surface area contributed by atoms with Gasteiger partial charge in [-0.2, -0.15) is 0 Å². The topological polar surface area (TPSA) is 52.0 Å². The molecule has 0 saturated carbocycles. The monoisotopic (exact) mass is 268 g/mol. The van der Waals surface area contributed by atoms with Gasteiger partial charge in [0.05, 0.1) is 0 Å². The minimum absolute atomic E-state index is 0.164. The Balaban J connectivity index is 2.46. The molecule has 0 aliphatic heterocycles. The number of nitrogens with two attached hydrogens (primary N) is 2.